The minimum absolute atomic E-state index is 0.0169. The predicted molar refractivity (Wildman–Crippen MR) is 63.9 cm³/mol. The van der Waals surface area contributed by atoms with Gasteiger partial charge in [-0.3, -0.25) is 0 Å². The number of thiophene rings is 1. The number of hydrogen-bond donors (Lipinski definition) is 0. The molecule has 1 aromatic heterocycles. The lowest BCUT2D eigenvalue weighted by Crippen LogP contribution is -2.20. The van der Waals surface area contributed by atoms with E-state index in [9.17, 15) is 13.2 Å². The number of hydrogen-bond acceptors (Lipinski definition) is 6. The first-order valence-electron chi connectivity index (χ1n) is 5.12. The maximum atomic E-state index is 11.7. The van der Waals surface area contributed by atoms with Crippen molar-refractivity contribution < 1.29 is 18.0 Å². The van der Waals surface area contributed by atoms with Crippen molar-refractivity contribution in [2.45, 2.75) is 24.0 Å². The Kier molecular flexibility index (Phi) is 3.30. The van der Waals surface area contributed by atoms with E-state index < -0.39 is 15.8 Å². The van der Waals surface area contributed by atoms with Crippen LogP contribution in [0.5, 0.6) is 0 Å². The molecule has 0 unspecified atom stereocenters. The molecule has 2 heterocycles. The number of oxime groups is 1. The highest BCUT2D eigenvalue weighted by Crippen LogP contribution is 2.30. The lowest BCUT2D eigenvalue weighted by molar-refractivity contribution is -0.143. The molecule has 2 rings (SSSR count). The van der Waals surface area contributed by atoms with Crippen LogP contribution in [0.2, 0.25) is 0 Å². The van der Waals surface area contributed by atoms with Gasteiger partial charge in [0.25, 0.3) is 0 Å². The molecule has 0 saturated carbocycles. The van der Waals surface area contributed by atoms with Crippen LogP contribution in [0, 0.1) is 0 Å². The SMILES string of the molecule is CCC(=O)ON=C1CCS(=O)(=O)c2sccc21. The van der Waals surface area contributed by atoms with Crippen LogP contribution < -0.4 is 0 Å². The van der Waals surface area contributed by atoms with Gasteiger partial charge in [-0.1, -0.05) is 12.1 Å². The highest BCUT2D eigenvalue weighted by Gasteiger charge is 2.29. The van der Waals surface area contributed by atoms with E-state index in [4.69, 9.17) is 0 Å². The Morgan fingerprint density at radius 2 is 2.35 bits per heavy atom. The molecule has 1 aromatic rings. The molecule has 0 amide bonds. The molecule has 0 spiro atoms. The lowest BCUT2D eigenvalue weighted by atomic mass is 10.1. The van der Waals surface area contributed by atoms with Crippen molar-refractivity contribution in [2.24, 2.45) is 5.16 Å². The minimum atomic E-state index is -3.18. The van der Waals surface area contributed by atoms with E-state index in [0.29, 0.717) is 15.5 Å². The molecular formula is C10H11NO4S2. The minimum Gasteiger partial charge on any atom is -0.318 e. The predicted octanol–water partition coefficient (Wildman–Crippen LogP) is 1.58. The van der Waals surface area contributed by atoms with Crippen LogP contribution in [0.4, 0.5) is 0 Å². The molecule has 92 valence electrons. The van der Waals surface area contributed by atoms with E-state index in [1.807, 2.05) is 0 Å². The normalized spacial score (nSPS) is 19.9. The Bertz CT molecular complexity index is 571. The summed E-state index contributed by atoms with van der Waals surface area (Å²) < 4.78 is 23.8. The molecular weight excluding hydrogens is 262 g/mol. The zero-order chi connectivity index (χ0) is 12.5. The molecule has 17 heavy (non-hydrogen) atoms. The van der Waals surface area contributed by atoms with Gasteiger partial charge < -0.3 is 4.84 Å². The molecule has 0 radical (unpaired) electrons. The van der Waals surface area contributed by atoms with Crippen LogP contribution in [0.3, 0.4) is 0 Å². The fraction of sp³-hybridized carbons (Fsp3) is 0.400. The first-order valence-corrected chi connectivity index (χ1v) is 7.65. The maximum absolute atomic E-state index is 11.7. The van der Waals surface area contributed by atoms with Gasteiger partial charge in [-0.15, -0.1) is 11.3 Å². The van der Waals surface area contributed by atoms with E-state index in [1.165, 1.54) is 11.3 Å². The van der Waals surface area contributed by atoms with E-state index >= 15 is 0 Å². The summed E-state index contributed by atoms with van der Waals surface area (Å²) in [5, 5.41) is 5.44. The third kappa shape index (κ3) is 2.39. The summed E-state index contributed by atoms with van der Waals surface area (Å²) >= 11 is 1.17. The standard InChI is InChI=1S/C10H11NO4S2/c1-2-9(12)15-11-8-4-6-17(13,14)10-7(8)3-5-16-10/h3,5H,2,4,6H2,1H3. The van der Waals surface area contributed by atoms with E-state index in [-0.39, 0.29) is 18.6 Å². The fourth-order valence-corrected chi connectivity index (χ4v) is 4.29. The Labute approximate surface area is 103 Å². The quantitative estimate of drug-likeness (QED) is 0.606. The van der Waals surface area contributed by atoms with Gasteiger partial charge in [0, 0.05) is 18.4 Å². The van der Waals surface area contributed by atoms with Crippen molar-refractivity contribution in [2.75, 3.05) is 5.75 Å². The van der Waals surface area contributed by atoms with Crippen molar-refractivity contribution >= 4 is 32.9 Å². The van der Waals surface area contributed by atoms with E-state index in [2.05, 4.69) is 9.99 Å². The molecule has 0 N–H and O–H groups in total. The largest absolute Gasteiger partial charge is 0.334 e. The summed E-state index contributed by atoms with van der Waals surface area (Å²) in [6.45, 7) is 1.67. The van der Waals surface area contributed by atoms with Crippen molar-refractivity contribution in [1.29, 1.82) is 0 Å². The van der Waals surface area contributed by atoms with Crippen LogP contribution in [-0.4, -0.2) is 25.9 Å². The van der Waals surface area contributed by atoms with Crippen molar-refractivity contribution in [1.82, 2.24) is 0 Å². The van der Waals surface area contributed by atoms with Crippen LogP contribution in [-0.2, 0) is 19.5 Å². The Balaban J connectivity index is 2.33. The van der Waals surface area contributed by atoms with Gasteiger partial charge in [0.2, 0.25) is 0 Å². The summed E-state index contributed by atoms with van der Waals surface area (Å²) in [4.78, 5) is 15.7. The highest BCUT2D eigenvalue weighted by atomic mass is 32.2. The van der Waals surface area contributed by atoms with Crippen LogP contribution in [0.1, 0.15) is 25.3 Å². The number of rotatable bonds is 2. The molecule has 0 aliphatic carbocycles. The van der Waals surface area contributed by atoms with Crippen molar-refractivity contribution in [3.63, 3.8) is 0 Å². The van der Waals surface area contributed by atoms with Crippen molar-refractivity contribution in [3.8, 4) is 0 Å². The Morgan fingerprint density at radius 3 is 3.06 bits per heavy atom. The summed E-state index contributed by atoms with van der Waals surface area (Å²) in [6.07, 6.45) is 0.522. The van der Waals surface area contributed by atoms with Gasteiger partial charge in [-0.25, -0.2) is 13.2 Å². The average molecular weight is 273 g/mol. The van der Waals surface area contributed by atoms with Gasteiger partial charge >= 0.3 is 5.97 Å². The highest BCUT2D eigenvalue weighted by molar-refractivity contribution is 7.93. The topological polar surface area (TPSA) is 72.8 Å². The molecule has 7 heteroatoms. The molecule has 0 fully saturated rings. The summed E-state index contributed by atoms with van der Waals surface area (Å²) in [5.41, 5.74) is 1.09. The second-order valence-electron chi connectivity index (χ2n) is 3.55. The maximum Gasteiger partial charge on any atom is 0.334 e. The average Bonchev–Trinajstić information content (AvgIpc) is 2.78. The molecule has 0 saturated heterocycles. The summed E-state index contributed by atoms with van der Waals surface area (Å²) in [5.74, 6) is -0.411. The van der Waals surface area contributed by atoms with Gasteiger partial charge in [-0.05, 0) is 11.4 Å². The molecule has 0 bridgehead atoms. The molecule has 1 aliphatic heterocycles. The fourth-order valence-electron chi connectivity index (χ4n) is 1.47. The van der Waals surface area contributed by atoms with Crippen molar-refractivity contribution in [3.05, 3.63) is 17.0 Å². The number of sulfone groups is 1. The van der Waals surface area contributed by atoms with Gasteiger partial charge in [-0.2, -0.15) is 0 Å². The first-order chi connectivity index (χ1) is 8.04. The first kappa shape index (κ1) is 12.3. The molecule has 0 aromatic carbocycles. The molecule has 5 nitrogen and oxygen atoms in total. The smallest absolute Gasteiger partial charge is 0.318 e. The van der Waals surface area contributed by atoms with Crippen LogP contribution >= 0.6 is 11.3 Å². The Morgan fingerprint density at radius 1 is 1.59 bits per heavy atom. The summed E-state index contributed by atoms with van der Waals surface area (Å²) in [6, 6.07) is 1.69. The second kappa shape index (κ2) is 4.58. The Hall–Kier alpha value is -1.21. The second-order valence-corrected chi connectivity index (χ2v) is 6.77. The van der Waals surface area contributed by atoms with Crippen LogP contribution in [0.25, 0.3) is 0 Å². The zero-order valence-electron chi connectivity index (χ0n) is 9.17. The number of nitrogens with zero attached hydrogens (tertiary/aromatic N) is 1. The molecule has 0 atom stereocenters. The monoisotopic (exact) mass is 273 g/mol. The van der Waals surface area contributed by atoms with Gasteiger partial charge in [0.1, 0.15) is 4.21 Å². The summed E-state index contributed by atoms with van der Waals surface area (Å²) in [7, 11) is -3.18. The third-order valence-electron chi connectivity index (χ3n) is 2.38. The number of carbonyl (C=O) groups excluding carboxylic acids is 1. The van der Waals surface area contributed by atoms with Gasteiger partial charge in [0.15, 0.2) is 9.84 Å². The number of fused-ring (bicyclic) bond motifs is 1. The van der Waals surface area contributed by atoms with Gasteiger partial charge in [0.05, 0.1) is 11.5 Å². The van der Waals surface area contributed by atoms with E-state index in [1.54, 1.807) is 18.4 Å². The lowest BCUT2D eigenvalue weighted by Gasteiger charge is -2.13. The zero-order valence-corrected chi connectivity index (χ0v) is 10.8. The van der Waals surface area contributed by atoms with E-state index in [0.717, 1.165) is 0 Å². The third-order valence-corrected chi connectivity index (χ3v) is 5.66. The number of carbonyl (C=O) groups is 1. The van der Waals surface area contributed by atoms with Crippen LogP contribution in [0.15, 0.2) is 20.8 Å². The molecule has 1 aliphatic rings.